The Morgan fingerprint density at radius 2 is 1.66 bits per heavy atom. The van der Waals surface area contributed by atoms with E-state index in [2.05, 4.69) is 22.0 Å². The lowest BCUT2D eigenvalue weighted by Gasteiger charge is -2.10. The number of benzene rings is 2. The molecule has 0 atom stereocenters. The predicted octanol–water partition coefficient (Wildman–Crippen LogP) is 4.96. The van der Waals surface area contributed by atoms with Crippen LogP contribution in [-0.4, -0.2) is 15.3 Å². The van der Waals surface area contributed by atoms with Gasteiger partial charge in [0.2, 0.25) is 5.82 Å². The van der Waals surface area contributed by atoms with Gasteiger partial charge in [-0.25, -0.2) is 26.9 Å². The SMILES string of the molecule is Fc1c(F)c(F)c(CO/N=C(\Cn2ccnc2)c2ccc(C#CC3CC3)cc2)c(F)c1F. The van der Waals surface area contributed by atoms with Gasteiger partial charge >= 0.3 is 0 Å². The second-order valence-electron chi connectivity index (χ2n) is 7.22. The van der Waals surface area contributed by atoms with Gasteiger partial charge in [-0.2, -0.15) is 0 Å². The van der Waals surface area contributed by atoms with E-state index in [1.807, 2.05) is 0 Å². The maximum atomic E-state index is 13.9. The number of aromatic nitrogens is 2. The second-order valence-corrected chi connectivity index (χ2v) is 7.22. The fraction of sp³-hybridized carbons (Fsp3) is 0.217. The Hall–Kier alpha value is -3.67. The first-order chi connectivity index (χ1) is 15.4. The Bertz CT molecular complexity index is 1180. The second kappa shape index (κ2) is 9.22. The van der Waals surface area contributed by atoms with E-state index in [0.29, 0.717) is 17.2 Å². The lowest BCUT2D eigenvalue weighted by molar-refractivity contribution is 0.122. The predicted molar refractivity (Wildman–Crippen MR) is 106 cm³/mol. The van der Waals surface area contributed by atoms with E-state index >= 15 is 0 Å². The van der Waals surface area contributed by atoms with Crippen LogP contribution in [0.2, 0.25) is 0 Å². The molecule has 1 aliphatic carbocycles. The minimum absolute atomic E-state index is 0.199. The van der Waals surface area contributed by atoms with Crippen LogP contribution in [0.5, 0.6) is 0 Å². The summed E-state index contributed by atoms with van der Waals surface area (Å²) in [5.74, 6) is -3.49. The molecule has 1 aliphatic rings. The van der Waals surface area contributed by atoms with Gasteiger partial charge in [-0.1, -0.05) is 29.1 Å². The summed E-state index contributed by atoms with van der Waals surface area (Å²) >= 11 is 0. The number of hydrogen-bond acceptors (Lipinski definition) is 3. The van der Waals surface area contributed by atoms with E-state index in [1.54, 1.807) is 41.2 Å². The number of halogens is 5. The molecule has 164 valence electrons. The van der Waals surface area contributed by atoms with Crippen LogP contribution >= 0.6 is 0 Å². The van der Waals surface area contributed by atoms with Gasteiger partial charge in [0.25, 0.3) is 0 Å². The van der Waals surface area contributed by atoms with E-state index in [9.17, 15) is 22.0 Å². The van der Waals surface area contributed by atoms with Crippen molar-refractivity contribution in [2.75, 3.05) is 0 Å². The van der Waals surface area contributed by atoms with Crippen LogP contribution in [0.4, 0.5) is 22.0 Å². The molecule has 0 N–H and O–H groups in total. The highest BCUT2D eigenvalue weighted by Gasteiger charge is 2.26. The Morgan fingerprint density at radius 1 is 1.00 bits per heavy atom. The molecule has 0 radical (unpaired) electrons. The average molecular weight is 445 g/mol. The highest BCUT2D eigenvalue weighted by Crippen LogP contribution is 2.27. The fourth-order valence-electron chi connectivity index (χ4n) is 2.84. The number of rotatable bonds is 6. The van der Waals surface area contributed by atoms with Crippen LogP contribution in [0.1, 0.15) is 29.5 Å². The minimum atomic E-state index is -2.22. The zero-order valence-corrected chi connectivity index (χ0v) is 16.6. The molecule has 0 bridgehead atoms. The van der Waals surface area contributed by atoms with Gasteiger partial charge in [0.1, 0.15) is 12.3 Å². The molecular weight excluding hydrogens is 429 g/mol. The summed E-state index contributed by atoms with van der Waals surface area (Å²) in [6.07, 6.45) is 7.01. The Labute approximate surface area is 180 Å². The molecule has 2 aromatic carbocycles. The molecule has 0 amide bonds. The largest absolute Gasteiger partial charge is 0.390 e. The van der Waals surface area contributed by atoms with E-state index in [0.717, 1.165) is 18.4 Å². The van der Waals surface area contributed by atoms with Crippen LogP contribution in [-0.2, 0) is 18.0 Å². The first-order valence-electron chi connectivity index (χ1n) is 9.71. The summed E-state index contributed by atoms with van der Waals surface area (Å²) in [5.41, 5.74) is 0.712. The number of oxime groups is 1. The van der Waals surface area contributed by atoms with Gasteiger partial charge in [0.05, 0.1) is 18.4 Å². The molecule has 1 aromatic heterocycles. The lowest BCUT2D eigenvalue weighted by Crippen LogP contribution is -2.12. The van der Waals surface area contributed by atoms with Crippen LogP contribution in [0.15, 0.2) is 48.1 Å². The van der Waals surface area contributed by atoms with Gasteiger partial charge in [-0.3, -0.25) is 0 Å². The van der Waals surface area contributed by atoms with Crippen molar-refractivity contribution >= 4 is 5.71 Å². The Morgan fingerprint density at radius 3 is 2.25 bits per heavy atom. The Kier molecular flexibility index (Phi) is 6.21. The van der Waals surface area contributed by atoms with Crippen LogP contribution in [0.25, 0.3) is 0 Å². The van der Waals surface area contributed by atoms with Gasteiger partial charge in [-0.15, -0.1) is 0 Å². The molecular formula is C23H16F5N3O. The van der Waals surface area contributed by atoms with Crippen molar-refractivity contribution in [3.05, 3.63) is 88.8 Å². The summed E-state index contributed by atoms with van der Waals surface area (Å²) in [7, 11) is 0. The molecule has 1 fully saturated rings. The standard InChI is InChI=1S/C23H16F5N3O/c24-19-17(20(25)22(27)23(28)21(19)26)12-32-30-18(11-31-10-9-29-13-31)16-7-5-15(6-8-16)4-3-14-1-2-14/h5-10,13-14H,1-2,11-12H2/b30-18+. The smallest absolute Gasteiger partial charge is 0.200 e. The third-order valence-electron chi connectivity index (χ3n) is 4.79. The highest BCUT2D eigenvalue weighted by molar-refractivity contribution is 6.00. The fourth-order valence-corrected chi connectivity index (χ4v) is 2.84. The van der Waals surface area contributed by atoms with Crippen molar-refractivity contribution < 1.29 is 26.8 Å². The van der Waals surface area contributed by atoms with Crippen molar-refractivity contribution in [1.82, 2.24) is 9.55 Å². The molecule has 1 saturated carbocycles. The lowest BCUT2D eigenvalue weighted by atomic mass is 10.1. The van der Waals surface area contributed by atoms with Crippen molar-refractivity contribution in [1.29, 1.82) is 0 Å². The van der Waals surface area contributed by atoms with Crippen LogP contribution < -0.4 is 0 Å². The zero-order chi connectivity index (χ0) is 22.7. The molecule has 4 nitrogen and oxygen atoms in total. The van der Waals surface area contributed by atoms with E-state index in [4.69, 9.17) is 4.84 Å². The molecule has 0 saturated heterocycles. The summed E-state index contributed by atoms with van der Waals surface area (Å²) < 4.78 is 69.4. The summed E-state index contributed by atoms with van der Waals surface area (Å²) in [6, 6.07) is 7.12. The first-order valence-corrected chi connectivity index (χ1v) is 9.71. The minimum Gasteiger partial charge on any atom is -0.390 e. The third-order valence-corrected chi connectivity index (χ3v) is 4.79. The zero-order valence-electron chi connectivity index (χ0n) is 16.6. The maximum absolute atomic E-state index is 13.9. The van der Waals surface area contributed by atoms with E-state index in [1.165, 1.54) is 6.33 Å². The van der Waals surface area contributed by atoms with Gasteiger partial charge < -0.3 is 9.40 Å². The number of nitrogens with zero attached hydrogens (tertiary/aromatic N) is 3. The molecule has 0 spiro atoms. The molecule has 4 rings (SSSR count). The van der Waals surface area contributed by atoms with Crippen molar-refractivity contribution in [3.63, 3.8) is 0 Å². The Balaban J connectivity index is 1.56. The first kappa shape index (κ1) is 21.6. The van der Waals surface area contributed by atoms with Gasteiger partial charge in [0, 0.05) is 29.4 Å². The molecule has 32 heavy (non-hydrogen) atoms. The topological polar surface area (TPSA) is 39.4 Å². The highest BCUT2D eigenvalue weighted by atomic mass is 19.2. The molecule has 0 aliphatic heterocycles. The number of hydrogen-bond donors (Lipinski definition) is 0. The quantitative estimate of drug-likeness (QED) is 0.134. The summed E-state index contributed by atoms with van der Waals surface area (Å²) in [4.78, 5) is 8.94. The average Bonchev–Trinajstić information content (AvgIpc) is 3.50. The monoisotopic (exact) mass is 445 g/mol. The van der Waals surface area contributed by atoms with Crippen LogP contribution in [0.3, 0.4) is 0 Å². The summed E-state index contributed by atoms with van der Waals surface area (Å²) in [5, 5.41) is 3.90. The molecule has 1 heterocycles. The molecule has 3 aromatic rings. The van der Waals surface area contributed by atoms with Gasteiger partial charge in [0.15, 0.2) is 23.3 Å². The van der Waals surface area contributed by atoms with E-state index < -0.39 is 41.3 Å². The van der Waals surface area contributed by atoms with Crippen LogP contribution in [0, 0.1) is 46.8 Å². The molecule has 0 unspecified atom stereocenters. The van der Waals surface area contributed by atoms with Crippen molar-refractivity contribution in [2.45, 2.75) is 26.0 Å². The molecule has 9 heteroatoms. The summed E-state index contributed by atoms with van der Waals surface area (Å²) in [6.45, 7) is -0.742. The van der Waals surface area contributed by atoms with Crippen molar-refractivity contribution in [2.24, 2.45) is 11.1 Å². The maximum Gasteiger partial charge on any atom is 0.200 e. The third kappa shape index (κ3) is 4.80. The van der Waals surface area contributed by atoms with Gasteiger partial charge in [-0.05, 0) is 25.0 Å². The number of imidazole rings is 1. The van der Waals surface area contributed by atoms with Crippen molar-refractivity contribution in [3.8, 4) is 11.8 Å². The van der Waals surface area contributed by atoms with E-state index in [-0.39, 0.29) is 6.54 Å². The normalized spacial score (nSPS) is 13.6.